The van der Waals surface area contributed by atoms with Crippen LogP contribution >= 0.6 is 0 Å². The zero-order valence-electron chi connectivity index (χ0n) is 12.2. The third kappa shape index (κ3) is 12.2. The van der Waals surface area contributed by atoms with Gasteiger partial charge in [-0.3, -0.25) is 0 Å². The Balaban J connectivity index is 3.48. The predicted octanol–water partition coefficient (Wildman–Crippen LogP) is 3.75. The Morgan fingerprint density at radius 2 is 1.00 bits per heavy atom. The summed E-state index contributed by atoms with van der Waals surface area (Å²) in [4.78, 5) is 0. The first-order valence-electron chi connectivity index (χ1n) is 7.28. The van der Waals surface area contributed by atoms with E-state index in [1.807, 2.05) is 0 Å². The van der Waals surface area contributed by atoms with E-state index in [4.69, 9.17) is 0 Å². The highest BCUT2D eigenvalue weighted by molar-refractivity contribution is 4.65. The molecular formula is C15H32O2. The largest absolute Gasteiger partial charge is 0.393 e. The third-order valence-corrected chi connectivity index (χ3v) is 3.18. The maximum absolute atomic E-state index is 9.78. The van der Waals surface area contributed by atoms with Crippen molar-refractivity contribution in [1.82, 2.24) is 0 Å². The van der Waals surface area contributed by atoms with Crippen molar-refractivity contribution in [1.29, 1.82) is 0 Å². The van der Waals surface area contributed by atoms with E-state index in [0.717, 1.165) is 25.7 Å². The molecule has 0 bridgehead atoms. The van der Waals surface area contributed by atoms with Crippen LogP contribution < -0.4 is 0 Å². The van der Waals surface area contributed by atoms with Gasteiger partial charge in [0, 0.05) is 0 Å². The molecule has 2 heteroatoms. The first-order chi connectivity index (χ1) is 7.91. The van der Waals surface area contributed by atoms with Crippen LogP contribution in [0.1, 0.15) is 72.6 Å². The normalized spacial score (nSPS) is 15.5. The second-order valence-electron chi connectivity index (χ2n) is 6.19. The summed E-state index contributed by atoms with van der Waals surface area (Å²) in [6.07, 6.45) is 6.05. The molecule has 2 nitrogen and oxygen atoms in total. The molecule has 104 valence electrons. The summed E-state index contributed by atoms with van der Waals surface area (Å²) in [7, 11) is 0. The van der Waals surface area contributed by atoms with Gasteiger partial charge < -0.3 is 10.2 Å². The summed E-state index contributed by atoms with van der Waals surface area (Å²) in [5.41, 5.74) is 0. The molecule has 0 amide bonds. The predicted molar refractivity (Wildman–Crippen MR) is 74.0 cm³/mol. The van der Waals surface area contributed by atoms with E-state index in [2.05, 4.69) is 27.7 Å². The Labute approximate surface area is 107 Å². The van der Waals surface area contributed by atoms with Crippen LogP contribution in [0.5, 0.6) is 0 Å². The monoisotopic (exact) mass is 244 g/mol. The molecule has 0 aromatic heterocycles. The molecule has 0 heterocycles. The van der Waals surface area contributed by atoms with Crippen LogP contribution in [-0.2, 0) is 0 Å². The molecular weight excluding hydrogens is 212 g/mol. The lowest BCUT2D eigenvalue weighted by atomic mass is 9.98. The molecule has 0 spiro atoms. The molecule has 0 aliphatic heterocycles. The van der Waals surface area contributed by atoms with Crippen LogP contribution in [0.25, 0.3) is 0 Å². The van der Waals surface area contributed by atoms with Crippen LogP contribution in [0.15, 0.2) is 0 Å². The van der Waals surface area contributed by atoms with E-state index >= 15 is 0 Å². The maximum atomic E-state index is 9.78. The van der Waals surface area contributed by atoms with Crippen molar-refractivity contribution < 1.29 is 10.2 Å². The average Bonchev–Trinajstić information content (AvgIpc) is 2.15. The zero-order chi connectivity index (χ0) is 13.3. The first-order valence-corrected chi connectivity index (χ1v) is 7.28. The van der Waals surface area contributed by atoms with Gasteiger partial charge in [-0.15, -0.1) is 0 Å². The van der Waals surface area contributed by atoms with Gasteiger partial charge in [-0.1, -0.05) is 53.4 Å². The van der Waals surface area contributed by atoms with E-state index in [-0.39, 0.29) is 12.2 Å². The number of rotatable bonds is 10. The Bertz CT molecular complexity index is 148. The third-order valence-electron chi connectivity index (χ3n) is 3.18. The van der Waals surface area contributed by atoms with Gasteiger partial charge in [-0.05, 0) is 31.1 Å². The summed E-state index contributed by atoms with van der Waals surface area (Å²) in [5, 5.41) is 19.6. The summed E-state index contributed by atoms with van der Waals surface area (Å²) < 4.78 is 0. The van der Waals surface area contributed by atoms with Gasteiger partial charge in [0.2, 0.25) is 0 Å². The fourth-order valence-electron chi connectivity index (χ4n) is 2.07. The van der Waals surface area contributed by atoms with Gasteiger partial charge in [-0.2, -0.15) is 0 Å². The quantitative estimate of drug-likeness (QED) is 0.614. The average molecular weight is 244 g/mol. The van der Waals surface area contributed by atoms with Crippen molar-refractivity contribution >= 4 is 0 Å². The van der Waals surface area contributed by atoms with Crippen molar-refractivity contribution in [3.05, 3.63) is 0 Å². The van der Waals surface area contributed by atoms with E-state index in [9.17, 15) is 10.2 Å². The molecule has 0 saturated carbocycles. The Kier molecular flexibility index (Phi) is 9.85. The molecule has 2 atom stereocenters. The topological polar surface area (TPSA) is 40.5 Å². The minimum atomic E-state index is -0.317. The minimum absolute atomic E-state index is 0.317. The number of hydrogen-bond donors (Lipinski definition) is 2. The second kappa shape index (κ2) is 9.90. The Morgan fingerprint density at radius 3 is 1.29 bits per heavy atom. The number of aliphatic hydroxyl groups excluding tert-OH is 2. The van der Waals surface area contributed by atoms with Crippen LogP contribution in [-0.4, -0.2) is 22.4 Å². The van der Waals surface area contributed by atoms with E-state index in [1.54, 1.807) is 0 Å². The Morgan fingerprint density at radius 1 is 0.647 bits per heavy atom. The molecule has 0 radical (unpaired) electrons. The summed E-state index contributed by atoms with van der Waals surface area (Å²) in [6, 6.07) is 0. The van der Waals surface area contributed by atoms with Crippen LogP contribution in [0, 0.1) is 11.8 Å². The maximum Gasteiger partial charge on any atom is 0.0564 e. The molecule has 0 aliphatic rings. The molecule has 0 saturated heterocycles. The Hall–Kier alpha value is -0.0800. The molecule has 0 rings (SSSR count). The highest BCUT2D eigenvalue weighted by Gasteiger charge is 2.12. The van der Waals surface area contributed by atoms with Crippen molar-refractivity contribution in [2.75, 3.05) is 0 Å². The lowest BCUT2D eigenvalue weighted by molar-refractivity contribution is 0.0673. The summed E-state index contributed by atoms with van der Waals surface area (Å²) in [5.74, 6) is 1.41. The highest BCUT2D eigenvalue weighted by atomic mass is 16.3. The number of hydrogen-bond acceptors (Lipinski definition) is 2. The van der Waals surface area contributed by atoms with E-state index < -0.39 is 0 Å². The molecule has 2 unspecified atom stereocenters. The highest BCUT2D eigenvalue weighted by Crippen LogP contribution is 2.15. The van der Waals surface area contributed by atoms with E-state index in [1.165, 1.54) is 12.8 Å². The lowest BCUT2D eigenvalue weighted by Crippen LogP contribution is -2.18. The first kappa shape index (κ1) is 16.9. The van der Waals surface area contributed by atoms with Gasteiger partial charge in [0.1, 0.15) is 0 Å². The molecule has 0 aromatic rings. The molecule has 2 N–H and O–H groups in total. The van der Waals surface area contributed by atoms with Gasteiger partial charge in [-0.25, -0.2) is 0 Å². The van der Waals surface area contributed by atoms with Crippen LogP contribution in [0.2, 0.25) is 0 Å². The van der Waals surface area contributed by atoms with Gasteiger partial charge in [0.15, 0.2) is 0 Å². The molecule has 17 heavy (non-hydrogen) atoms. The molecule has 0 aromatic carbocycles. The van der Waals surface area contributed by atoms with Crippen LogP contribution in [0.4, 0.5) is 0 Å². The second-order valence-corrected chi connectivity index (χ2v) is 6.19. The molecule has 0 aliphatic carbocycles. The van der Waals surface area contributed by atoms with Crippen molar-refractivity contribution in [2.24, 2.45) is 11.8 Å². The van der Waals surface area contributed by atoms with Gasteiger partial charge in [0.05, 0.1) is 12.2 Å². The summed E-state index contributed by atoms with van der Waals surface area (Å²) in [6.45, 7) is 8.81. The fraction of sp³-hybridized carbons (Fsp3) is 1.00. The summed E-state index contributed by atoms with van der Waals surface area (Å²) >= 11 is 0. The van der Waals surface area contributed by atoms with Gasteiger partial charge >= 0.3 is 0 Å². The fourth-order valence-corrected chi connectivity index (χ4v) is 2.07. The van der Waals surface area contributed by atoms with Gasteiger partial charge in [0.25, 0.3) is 0 Å². The number of aliphatic hydroxyl groups is 2. The van der Waals surface area contributed by atoms with Crippen LogP contribution in [0.3, 0.4) is 0 Å². The van der Waals surface area contributed by atoms with Crippen molar-refractivity contribution in [3.8, 4) is 0 Å². The minimum Gasteiger partial charge on any atom is -0.393 e. The lowest BCUT2D eigenvalue weighted by Gasteiger charge is -2.16. The van der Waals surface area contributed by atoms with E-state index in [0.29, 0.717) is 18.3 Å². The molecule has 0 fully saturated rings. The smallest absolute Gasteiger partial charge is 0.0564 e. The zero-order valence-corrected chi connectivity index (χ0v) is 12.2. The van der Waals surface area contributed by atoms with Crippen molar-refractivity contribution in [3.63, 3.8) is 0 Å². The standard InChI is InChI=1S/C15H32O2/c1-12(2)7-5-9-14(16)11-15(17)10-6-8-13(3)4/h12-17H,5-11H2,1-4H3. The van der Waals surface area contributed by atoms with Crippen molar-refractivity contribution in [2.45, 2.75) is 84.8 Å². The SMILES string of the molecule is CC(C)CCCC(O)CC(O)CCCC(C)C.